The lowest BCUT2D eigenvalue weighted by molar-refractivity contribution is -0.255. The van der Waals surface area contributed by atoms with E-state index in [4.69, 9.17) is 54.8 Å². The zero-order valence-corrected chi connectivity index (χ0v) is 42.3. The van der Waals surface area contributed by atoms with Crippen LogP contribution in [0.5, 0.6) is 0 Å². The van der Waals surface area contributed by atoms with Gasteiger partial charge in [-0.1, -0.05) is 164 Å². The highest BCUT2D eigenvalue weighted by Gasteiger charge is 2.52. The summed E-state index contributed by atoms with van der Waals surface area (Å²) in [5.74, 6) is -1.86. The van der Waals surface area contributed by atoms with Crippen LogP contribution < -0.4 is 5.32 Å². The number of thioether (sulfide) groups is 1. The molecule has 380 valence electrons. The number of thiocarbonyl (C=S) groups is 1. The monoisotopic (exact) mass is 1030 g/mol. The van der Waals surface area contributed by atoms with Crippen molar-refractivity contribution in [2.45, 2.75) is 107 Å². The lowest BCUT2D eigenvalue weighted by Crippen LogP contribution is -2.62. The number of aliphatic hydroxyl groups excluding tert-OH is 1. The van der Waals surface area contributed by atoms with Crippen molar-refractivity contribution in [3.63, 3.8) is 0 Å². The summed E-state index contributed by atoms with van der Waals surface area (Å²) in [6.45, 7) is 4.59. The summed E-state index contributed by atoms with van der Waals surface area (Å²) < 4.78 is 48.7. The van der Waals surface area contributed by atoms with Crippen molar-refractivity contribution in [2.75, 3.05) is 12.4 Å². The summed E-state index contributed by atoms with van der Waals surface area (Å²) in [5, 5.41) is 13.7. The molecule has 2 aliphatic rings. The molecule has 0 saturated carbocycles. The predicted molar refractivity (Wildman–Crippen MR) is 274 cm³/mol. The lowest BCUT2D eigenvalue weighted by Gasteiger charge is -2.44. The van der Waals surface area contributed by atoms with Crippen LogP contribution in [0.2, 0.25) is 0 Å². The Morgan fingerprint density at radius 3 is 1.78 bits per heavy atom. The number of esters is 4. The van der Waals surface area contributed by atoms with E-state index in [1.165, 1.54) is 39.5 Å². The highest BCUT2D eigenvalue weighted by molar-refractivity contribution is 7.99. The average molecular weight is 1030 g/mol. The number of oxazole rings is 1. The molecule has 5 aromatic carbocycles. The van der Waals surface area contributed by atoms with E-state index in [0.717, 1.165) is 44.6 Å². The number of ether oxygens (including phenoxy) is 7. The summed E-state index contributed by atoms with van der Waals surface area (Å²) in [5.41, 5.74) is 6.98. The maximum absolute atomic E-state index is 12.4. The molecule has 3 heterocycles. The minimum atomic E-state index is -1.30. The van der Waals surface area contributed by atoms with Crippen molar-refractivity contribution in [3.8, 4) is 22.6 Å². The van der Waals surface area contributed by atoms with Crippen molar-refractivity contribution in [2.24, 2.45) is 0 Å². The van der Waals surface area contributed by atoms with Gasteiger partial charge in [0.25, 0.3) is 5.22 Å². The van der Waals surface area contributed by atoms with Gasteiger partial charge in [0.15, 0.2) is 30.4 Å². The largest absolute Gasteiger partial charge is 0.463 e. The third-order valence-corrected chi connectivity index (χ3v) is 13.5. The summed E-state index contributed by atoms with van der Waals surface area (Å²) in [6, 6.07) is 45.6. The van der Waals surface area contributed by atoms with E-state index >= 15 is 0 Å². The summed E-state index contributed by atoms with van der Waals surface area (Å²) in [4.78, 5) is 54.1. The van der Waals surface area contributed by atoms with Gasteiger partial charge in [0.1, 0.15) is 24.5 Å². The molecule has 0 amide bonds. The van der Waals surface area contributed by atoms with Crippen LogP contribution in [0.4, 0.5) is 0 Å². The van der Waals surface area contributed by atoms with E-state index in [2.05, 4.69) is 17.4 Å². The lowest BCUT2D eigenvalue weighted by atomic mass is 9.84. The van der Waals surface area contributed by atoms with Crippen molar-refractivity contribution in [3.05, 3.63) is 167 Å². The van der Waals surface area contributed by atoms with Crippen LogP contribution in [0, 0.1) is 0 Å². The Bertz CT molecular complexity index is 2760. The van der Waals surface area contributed by atoms with Gasteiger partial charge in [-0.25, -0.2) is 4.98 Å². The number of benzene rings is 5. The highest BCUT2D eigenvalue weighted by atomic mass is 32.2. The summed E-state index contributed by atoms with van der Waals surface area (Å²) >= 11 is 7.26. The molecule has 2 N–H and O–H groups in total. The van der Waals surface area contributed by atoms with Gasteiger partial charge in [0, 0.05) is 69.0 Å². The minimum absolute atomic E-state index is 0.00639. The molecule has 0 spiro atoms. The second kappa shape index (κ2) is 24.8. The first kappa shape index (κ1) is 52.6. The molecule has 9 atom stereocenters. The third kappa shape index (κ3) is 13.7. The number of aromatic nitrogens is 1. The molecule has 0 radical (unpaired) electrons. The molecule has 8 rings (SSSR count). The maximum Gasteiger partial charge on any atom is 0.303 e. The molecule has 1 unspecified atom stereocenters. The van der Waals surface area contributed by atoms with Gasteiger partial charge in [-0.2, -0.15) is 0 Å². The highest BCUT2D eigenvalue weighted by Crippen LogP contribution is 2.48. The quantitative estimate of drug-likeness (QED) is 0.0358. The second-order valence-corrected chi connectivity index (χ2v) is 19.0. The number of aliphatic hydroxyl groups is 1. The first-order valence-corrected chi connectivity index (χ1v) is 25.2. The van der Waals surface area contributed by atoms with Crippen molar-refractivity contribution in [1.29, 1.82) is 0 Å². The Hall–Kier alpha value is -6.73. The first-order valence-electron chi connectivity index (χ1n) is 23.8. The molecular weight excluding hydrogens is 973 g/mol. The standard InChI is InChI=1S/C56H56N2O13S2/c1-33(60)64-31-45-53(66-35(3)62)54(67-36(4)63)52(65-34(2)61)44(68-45)28-47(72)57-29-37-20-26-43(27-21-37)55-69-46(48(39-14-8-5-9-15-39)50(70-55)42-24-22-38(30-59)23-25-42)32-73-56-58-49(40-16-10-6-11-17-40)51(71-56)41-18-12-7-13-19-41/h5-27,44-46,48,50,52-55,59H,28-32H2,1-4H3,(H,57,72)/t44-,45+,46+,48+,50-,52-,53+,54+,55?/m0/s1. The molecule has 15 nitrogen and oxygen atoms in total. The average Bonchev–Trinajstić information content (AvgIpc) is 3.83. The third-order valence-electron chi connectivity index (χ3n) is 12.2. The Balaban J connectivity index is 1.02. The van der Waals surface area contributed by atoms with E-state index in [1.54, 1.807) is 0 Å². The van der Waals surface area contributed by atoms with E-state index in [0.29, 0.717) is 21.7 Å². The van der Waals surface area contributed by atoms with Crippen LogP contribution in [-0.4, -0.2) is 87.9 Å². The van der Waals surface area contributed by atoms with Gasteiger partial charge < -0.3 is 48.0 Å². The van der Waals surface area contributed by atoms with Gasteiger partial charge in [-0.15, -0.1) is 0 Å². The molecule has 0 aliphatic carbocycles. The number of rotatable bonds is 18. The van der Waals surface area contributed by atoms with E-state index in [9.17, 15) is 24.3 Å². The number of carbonyl (C=O) groups excluding carboxylic acids is 4. The van der Waals surface area contributed by atoms with Crippen LogP contribution in [0.25, 0.3) is 22.6 Å². The van der Waals surface area contributed by atoms with E-state index in [-0.39, 0.29) is 32.1 Å². The Kier molecular flexibility index (Phi) is 17.9. The number of nitrogens with one attached hydrogen (secondary N) is 1. The molecule has 6 aromatic rings. The van der Waals surface area contributed by atoms with Crippen LogP contribution in [-0.2, 0) is 65.5 Å². The van der Waals surface area contributed by atoms with Gasteiger partial charge in [0.05, 0.1) is 23.8 Å². The van der Waals surface area contributed by atoms with E-state index < -0.39 is 72.9 Å². The van der Waals surface area contributed by atoms with E-state index in [1.807, 2.05) is 127 Å². The molecule has 0 bridgehead atoms. The van der Waals surface area contributed by atoms with Crippen LogP contribution in [0.1, 0.15) is 80.2 Å². The topological polar surface area (TPSA) is 191 Å². The van der Waals surface area contributed by atoms with Crippen molar-refractivity contribution < 1.29 is 61.9 Å². The molecular formula is C56H56N2O13S2. The maximum atomic E-state index is 12.4. The second-order valence-electron chi connectivity index (χ2n) is 17.6. The van der Waals surface area contributed by atoms with Crippen LogP contribution >= 0.6 is 24.0 Å². The number of carbonyl (C=O) groups is 4. The predicted octanol–water partition coefficient (Wildman–Crippen LogP) is 9.17. The normalized spacial score (nSPS) is 22.6. The van der Waals surface area contributed by atoms with Crippen molar-refractivity contribution >= 4 is 52.8 Å². The van der Waals surface area contributed by atoms with Gasteiger partial charge >= 0.3 is 23.9 Å². The fraction of sp³-hybridized carbons (Fsp3) is 0.321. The molecule has 17 heteroatoms. The molecule has 2 fully saturated rings. The van der Waals surface area contributed by atoms with Crippen molar-refractivity contribution in [1.82, 2.24) is 10.3 Å². The molecule has 1 aromatic heterocycles. The smallest absolute Gasteiger partial charge is 0.303 e. The fourth-order valence-electron chi connectivity index (χ4n) is 8.97. The van der Waals surface area contributed by atoms with Crippen LogP contribution in [0.3, 0.4) is 0 Å². The first-order chi connectivity index (χ1) is 35.3. The number of nitrogens with zero attached hydrogens (tertiary/aromatic N) is 1. The number of hydrogen-bond acceptors (Lipinski definition) is 16. The van der Waals surface area contributed by atoms with Gasteiger partial charge in [-0.3, -0.25) is 19.2 Å². The summed E-state index contributed by atoms with van der Waals surface area (Å²) in [7, 11) is 0. The van der Waals surface area contributed by atoms with Gasteiger partial charge in [0.2, 0.25) is 0 Å². The molecule has 2 saturated heterocycles. The fourth-order valence-corrected chi connectivity index (χ4v) is 10.1. The Labute approximate surface area is 432 Å². The molecule has 2 aliphatic heterocycles. The van der Waals surface area contributed by atoms with Crippen LogP contribution in [0.15, 0.2) is 149 Å². The Morgan fingerprint density at radius 2 is 1.18 bits per heavy atom. The SMILES string of the molecule is CC(=O)OC[C@H]1O[C@@H](CC(=S)NCc2ccc(C3O[C@H](CSc4nc(-c5ccccc5)c(-c5ccccc5)o4)[C@@H](c4ccccc4)[C@H](c4ccc(CO)cc4)O3)cc2)[C@H](OC(C)=O)[C@@H](OC(C)=O)[C@@H]1OC(C)=O. The summed E-state index contributed by atoms with van der Waals surface area (Å²) in [6.07, 6.45) is -7.55. The number of hydrogen-bond donors (Lipinski definition) is 2. The Morgan fingerprint density at radius 1 is 0.616 bits per heavy atom. The molecule has 73 heavy (non-hydrogen) atoms. The zero-order chi connectivity index (χ0) is 51.4. The zero-order valence-electron chi connectivity index (χ0n) is 40.6. The van der Waals surface area contributed by atoms with Gasteiger partial charge in [-0.05, 0) is 22.3 Å². The minimum Gasteiger partial charge on any atom is -0.463 e.